The molecule has 0 saturated heterocycles. The van der Waals surface area contributed by atoms with Crippen molar-refractivity contribution in [3.63, 3.8) is 0 Å². The molecule has 0 amide bonds. The van der Waals surface area contributed by atoms with Crippen LogP contribution in [-0.2, 0) is 0 Å². The van der Waals surface area contributed by atoms with Crippen LogP contribution in [0.5, 0.6) is 0 Å². The number of aromatic amines is 1. The Morgan fingerprint density at radius 3 is 2.56 bits per heavy atom. The molecule has 16 heavy (non-hydrogen) atoms. The average molecular weight is 213 g/mol. The third-order valence-corrected chi connectivity index (χ3v) is 2.55. The van der Waals surface area contributed by atoms with Crippen LogP contribution in [0.15, 0.2) is 50.6 Å². The van der Waals surface area contributed by atoms with Crippen molar-refractivity contribution in [2.24, 2.45) is 0 Å². The molecule has 0 radical (unpaired) electrons. The smallest absolute Gasteiger partial charge is 0.258 e. The fourth-order valence-electron chi connectivity index (χ4n) is 1.83. The van der Waals surface area contributed by atoms with E-state index in [1.165, 1.54) is 12.3 Å². The number of hydrogen-bond acceptors (Lipinski definition) is 3. The highest BCUT2D eigenvalue weighted by Gasteiger charge is 2.08. The highest BCUT2D eigenvalue weighted by molar-refractivity contribution is 6.03. The number of rotatable bonds is 0. The monoisotopic (exact) mass is 213 g/mol. The molecule has 0 fully saturated rings. The van der Waals surface area contributed by atoms with E-state index in [4.69, 9.17) is 4.42 Å². The molecule has 2 aromatic heterocycles. The quantitative estimate of drug-likeness (QED) is 0.577. The van der Waals surface area contributed by atoms with Gasteiger partial charge in [-0.15, -0.1) is 0 Å². The van der Waals surface area contributed by atoms with Crippen LogP contribution >= 0.6 is 0 Å². The first kappa shape index (κ1) is 8.91. The topological polar surface area (TPSA) is 63.1 Å². The molecule has 0 spiro atoms. The molecule has 0 aliphatic heterocycles. The van der Waals surface area contributed by atoms with Gasteiger partial charge >= 0.3 is 0 Å². The van der Waals surface area contributed by atoms with Gasteiger partial charge in [-0.3, -0.25) is 14.6 Å². The summed E-state index contributed by atoms with van der Waals surface area (Å²) in [6.07, 6.45) is 1.27. The molecule has 2 heterocycles. The van der Waals surface area contributed by atoms with Crippen molar-refractivity contribution < 1.29 is 4.42 Å². The summed E-state index contributed by atoms with van der Waals surface area (Å²) in [6.45, 7) is 0. The van der Waals surface area contributed by atoms with Gasteiger partial charge in [0.15, 0.2) is 5.43 Å². The predicted molar refractivity (Wildman–Crippen MR) is 60.6 cm³/mol. The highest BCUT2D eigenvalue weighted by Crippen LogP contribution is 2.16. The van der Waals surface area contributed by atoms with E-state index in [0.717, 1.165) is 0 Å². The molecule has 0 aliphatic carbocycles. The predicted octanol–water partition coefficient (Wildman–Crippen LogP) is 1.63. The number of fused-ring (bicyclic) bond motifs is 3. The Morgan fingerprint density at radius 2 is 1.75 bits per heavy atom. The Hall–Kier alpha value is -2.36. The zero-order valence-electron chi connectivity index (χ0n) is 8.19. The van der Waals surface area contributed by atoms with Crippen molar-refractivity contribution in [1.29, 1.82) is 0 Å². The average Bonchev–Trinajstić information content (AvgIpc) is 2.29. The second kappa shape index (κ2) is 3.06. The summed E-state index contributed by atoms with van der Waals surface area (Å²) in [5.74, 6) is 0. The Labute approximate surface area is 89.1 Å². The van der Waals surface area contributed by atoms with Crippen molar-refractivity contribution >= 4 is 21.9 Å². The van der Waals surface area contributed by atoms with Crippen LogP contribution in [0.2, 0.25) is 0 Å². The molecule has 0 bridgehead atoms. The Balaban J connectivity index is 2.78. The third-order valence-electron chi connectivity index (χ3n) is 2.55. The summed E-state index contributed by atoms with van der Waals surface area (Å²) >= 11 is 0. The van der Waals surface area contributed by atoms with Crippen molar-refractivity contribution in [3.8, 4) is 0 Å². The third kappa shape index (κ3) is 1.10. The van der Waals surface area contributed by atoms with Crippen LogP contribution in [-0.4, -0.2) is 4.98 Å². The summed E-state index contributed by atoms with van der Waals surface area (Å²) in [7, 11) is 0. The summed E-state index contributed by atoms with van der Waals surface area (Å²) in [4.78, 5) is 26.0. The van der Waals surface area contributed by atoms with Gasteiger partial charge in [-0.05, 0) is 6.07 Å². The van der Waals surface area contributed by atoms with Gasteiger partial charge in [0.25, 0.3) is 5.56 Å². The van der Waals surface area contributed by atoms with Crippen molar-refractivity contribution in [2.45, 2.75) is 0 Å². The molecule has 1 N–H and O–H groups in total. The number of hydrogen-bond donors (Lipinski definition) is 1. The van der Waals surface area contributed by atoms with Gasteiger partial charge in [-0.1, -0.05) is 18.2 Å². The molecule has 3 rings (SSSR count). The van der Waals surface area contributed by atoms with Crippen molar-refractivity contribution in [2.75, 3.05) is 0 Å². The Morgan fingerprint density at radius 1 is 1.00 bits per heavy atom. The summed E-state index contributed by atoms with van der Waals surface area (Å²) < 4.78 is 5.13. The number of benzene rings is 1. The lowest BCUT2D eigenvalue weighted by Gasteiger charge is -2.00. The van der Waals surface area contributed by atoms with Crippen molar-refractivity contribution in [3.05, 3.63) is 57.2 Å². The lowest BCUT2D eigenvalue weighted by molar-refractivity contribution is 0.589. The van der Waals surface area contributed by atoms with E-state index in [-0.39, 0.29) is 16.7 Å². The van der Waals surface area contributed by atoms with E-state index in [0.29, 0.717) is 16.2 Å². The Kier molecular flexibility index (Phi) is 1.71. The minimum Gasteiger partial charge on any atom is -0.448 e. The molecule has 4 heteroatoms. The standard InChI is InChI=1S/C12H7NO3/c14-9-5-6-16-12-10(9)7-3-1-2-4-8(7)11(15)13-12/h1-6H,(H,13,15). The van der Waals surface area contributed by atoms with Gasteiger partial charge < -0.3 is 4.42 Å². The maximum absolute atomic E-state index is 11.7. The van der Waals surface area contributed by atoms with E-state index in [9.17, 15) is 9.59 Å². The SMILES string of the molecule is O=c1[nH]c2occc(=O)c2c2ccccc12. The summed E-state index contributed by atoms with van der Waals surface area (Å²) in [6, 6.07) is 8.30. The molecule has 0 atom stereocenters. The van der Waals surface area contributed by atoms with Crippen LogP contribution in [0.3, 0.4) is 0 Å². The minimum absolute atomic E-state index is 0.159. The molecular weight excluding hydrogens is 206 g/mol. The van der Waals surface area contributed by atoms with Gasteiger partial charge in [-0.25, -0.2) is 0 Å². The van der Waals surface area contributed by atoms with Crippen LogP contribution < -0.4 is 11.0 Å². The van der Waals surface area contributed by atoms with E-state index in [2.05, 4.69) is 4.98 Å². The van der Waals surface area contributed by atoms with E-state index in [1.807, 2.05) is 0 Å². The van der Waals surface area contributed by atoms with E-state index < -0.39 is 0 Å². The summed E-state index contributed by atoms with van der Waals surface area (Å²) in [5, 5.41) is 1.53. The second-order valence-corrected chi connectivity index (χ2v) is 3.49. The zero-order chi connectivity index (χ0) is 11.1. The summed E-state index contributed by atoms with van der Waals surface area (Å²) in [5.41, 5.74) is -0.192. The molecule has 4 nitrogen and oxygen atoms in total. The first-order chi connectivity index (χ1) is 7.77. The van der Waals surface area contributed by atoms with Crippen LogP contribution in [0.4, 0.5) is 0 Å². The number of pyridine rings is 1. The lowest BCUT2D eigenvalue weighted by Crippen LogP contribution is -2.10. The Bertz CT molecular complexity index is 796. The normalized spacial score (nSPS) is 11.0. The highest BCUT2D eigenvalue weighted by atomic mass is 16.3. The van der Waals surface area contributed by atoms with Gasteiger partial charge in [0.1, 0.15) is 0 Å². The molecule has 3 aromatic rings. The van der Waals surface area contributed by atoms with Crippen LogP contribution in [0.25, 0.3) is 21.9 Å². The number of aromatic nitrogens is 1. The number of H-pyrrole nitrogens is 1. The van der Waals surface area contributed by atoms with Crippen LogP contribution in [0, 0.1) is 0 Å². The minimum atomic E-state index is -0.252. The maximum atomic E-state index is 11.7. The van der Waals surface area contributed by atoms with Gasteiger partial charge in [0.05, 0.1) is 11.6 Å². The first-order valence-electron chi connectivity index (χ1n) is 4.80. The van der Waals surface area contributed by atoms with Crippen molar-refractivity contribution in [1.82, 2.24) is 4.98 Å². The fourth-order valence-corrected chi connectivity index (χ4v) is 1.83. The molecule has 0 aliphatic rings. The van der Waals surface area contributed by atoms with Gasteiger partial charge in [0.2, 0.25) is 5.71 Å². The molecule has 78 valence electrons. The second-order valence-electron chi connectivity index (χ2n) is 3.49. The zero-order valence-corrected chi connectivity index (χ0v) is 8.19. The number of nitrogens with one attached hydrogen (secondary N) is 1. The van der Waals surface area contributed by atoms with Gasteiger partial charge in [0, 0.05) is 16.8 Å². The van der Waals surface area contributed by atoms with E-state index >= 15 is 0 Å². The maximum Gasteiger partial charge on any atom is 0.258 e. The first-order valence-corrected chi connectivity index (χ1v) is 4.80. The molecule has 0 saturated carbocycles. The van der Waals surface area contributed by atoms with E-state index in [1.54, 1.807) is 24.3 Å². The molecule has 1 aromatic carbocycles. The fraction of sp³-hybridized carbons (Fsp3) is 0. The largest absolute Gasteiger partial charge is 0.448 e. The lowest BCUT2D eigenvalue weighted by atomic mass is 10.1. The van der Waals surface area contributed by atoms with Crippen LogP contribution in [0.1, 0.15) is 0 Å². The molecular formula is C12H7NO3. The van der Waals surface area contributed by atoms with Gasteiger partial charge in [-0.2, -0.15) is 0 Å². The molecule has 0 unspecified atom stereocenters.